The molecule has 40 heavy (non-hydrogen) atoms. The fourth-order valence-electron chi connectivity index (χ4n) is 4.82. The van der Waals surface area contributed by atoms with E-state index in [0.717, 1.165) is 54.2 Å². The zero-order chi connectivity index (χ0) is 28.5. The van der Waals surface area contributed by atoms with Crippen molar-refractivity contribution in [2.75, 3.05) is 26.7 Å². The summed E-state index contributed by atoms with van der Waals surface area (Å²) in [6.07, 6.45) is -0.782. The number of halogens is 3. The van der Waals surface area contributed by atoms with Gasteiger partial charge in [0, 0.05) is 30.2 Å². The first-order valence-electron chi connectivity index (χ1n) is 13.6. The van der Waals surface area contributed by atoms with Gasteiger partial charge in [-0.15, -0.1) is 0 Å². The first kappa shape index (κ1) is 29.4. The maximum absolute atomic E-state index is 13.2. The average Bonchev–Trinajstić information content (AvgIpc) is 3.28. The maximum Gasteiger partial charge on any atom is 0.416 e. The summed E-state index contributed by atoms with van der Waals surface area (Å²) < 4.78 is 47.5. The van der Waals surface area contributed by atoms with Gasteiger partial charge in [-0.25, -0.2) is 0 Å². The van der Waals surface area contributed by atoms with Crippen LogP contribution in [0.25, 0.3) is 11.3 Å². The van der Waals surface area contributed by atoms with Crippen LogP contribution in [0, 0.1) is 6.92 Å². The van der Waals surface area contributed by atoms with Crippen LogP contribution in [0.5, 0.6) is 0 Å². The van der Waals surface area contributed by atoms with E-state index in [2.05, 4.69) is 21.8 Å². The molecule has 1 aromatic heterocycles. The highest BCUT2D eigenvalue weighted by molar-refractivity contribution is 5.98. The summed E-state index contributed by atoms with van der Waals surface area (Å²) >= 11 is 0. The quantitative estimate of drug-likeness (QED) is 0.249. The number of carbonyl (C=O) groups excluding carboxylic acids is 1. The van der Waals surface area contributed by atoms with Crippen molar-refractivity contribution in [2.24, 2.45) is 0 Å². The van der Waals surface area contributed by atoms with E-state index >= 15 is 0 Å². The minimum absolute atomic E-state index is 0.237. The van der Waals surface area contributed by atoms with E-state index in [-0.39, 0.29) is 12.1 Å². The lowest BCUT2D eigenvalue weighted by Crippen LogP contribution is -2.26. The highest BCUT2D eigenvalue weighted by Gasteiger charge is 2.33. The Morgan fingerprint density at radius 3 is 2.45 bits per heavy atom. The second kappa shape index (κ2) is 13.6. The molecule has 0 spiro atoms. The number of hydrogen-bond donors (Lipinski definition) is 1. The number of alkyl halides is 3. The SMILES string of the molecule is Cc1c(C(=O)NC2=CC(C(F)(F)F)=CCC2)cc(-c2ccccc2)n1CCCN(C)CCOCc1ccccc1. The number of likely N-dealkylation sites (N-methyl/N-ethyl adjacent to an activating group) is 1. The van der Waals surface area contributed by atoms with Gasteiger partial charge >= 0.3 is 6.18 Å². The van der Waals surface area contributed by atoms with E-state index in [0.29, 0.717) is 31.7 Å². The van der Waals surface area contributed by atoms with Gasteiger partial charge in [-0.2, -0.15) is 13.2 Å². The van der Waals surface area contributed by atoms with Crippen LogP contribution >= 0.6 is 0 Å². The molecule has 1 heterocycles. The maximum atomic E-state index is 13.2. The summed E-state index contributed by atoms with van der Waals surface area (Å²) in [6, 6.07) is 21.7. The molecular weight excluding hydrogens is 515 g/mol. The Labute approximate surface area is 234 Å². The average molecular weight is 552 g/mol. The van der Waals surface area contributed by atoms with Gasteiger partial charge in [0.1, 0.15) is 0 Å². The Kier molecular flexibility index (Phi) is 10.0. The standard InChI is InChI=1S/C32H36F3N3O2/c1-24-29(31(39)36-28-16-9-15-27(21-28)32(33,34)35)22-30(26-13-7-4-8-14-26)38(24)18-10-17-37(2)19-20-40-23-25-11-5-3-6-12-25/h3-8,11-15,21-22H,9-10,16-20,23H2,1-2H3,(H,36,39). The fourth-order valence-corrected chi connectivity index (χ4v) is 4.82. The normalized spacial score (nSPS) is 13.8. The molecule has 0 radical (unpaired) electrons. The highest BCUT2D eigenvalue weighted by atomic mass is 19.4. The number of benzene rings is 2. The van der Waals surface area contributed by atoms with Crippen LogP contribution in [0.3, 0.4) is 0 Å². The predicted octanol–water partition coefficient (Wildman–Crippen LogP) is 6.90. The van der Waals surface area contributed by atoms with Gasteiger partial charge in [0.2, 0.25) is 0 Å². The number of amides is 1. The third-order valence-electron chi connectivity index (χ3n) is 7.04. The molecule has 3 aromatic rings. The highest BCUT2D eigenvalue weighted by Crippen LogP contribution is 2.31. The Balaban J connectivity index is 1.39. The summed E-state index contributed by atoms with van der Waals surface area (Å²) in [5.41, 5.74) is 3.85. The van der Waals surface area contributed by atoms with Crippen molar-refractivity contribution in [3.05, 3.63) is 107 Å². The van der Waals surface area contributed by atoms with Crippen molar-refractivity contribution in [2.45, 2.75) is 45.5 Å². The molecule has 1 aliphatic carbocycles. The minimum Gasteiger partial charge on any atom is -0.375 e. The second-order valence-electron chi connectivity index (χ2n) is 10.1. The predicted molar refractivity (Wildman–Crippen MR) is 152 cm³/mol. The van der Waals surface area contributed by atoms with Crippen molar-refractivity contribution in [1.82, 2.24) is 14.8 Å². The van der Waals surface area contributed by atoms with E-state index in [1.807, 2.05) is 73.7 Å². The number of ether oxygens (including phenoxy) is 1. The van der Waals surface area contributed by atoms with Crippen LogP contribution in [-0.2, 0) is 17.9 Å². The number of aromatic nitrogens is 1. The number of nitrogens with one attached hydrogen (secondary N) is 1. The molecule has 8 heteroatoms. The van der Waals surface area contributed by atoms with Crippen molar-refractivity contribution in [1.29, 1.82) is 0 Å². The number of carbonyl (C=O) groups is 1. The number of allylic oxidation sites excluding steroid dienone is 4. The molecule has 1 N–H and O–H groups in total. The van der Waals surface area contributed by atoms with Crippen LogP contribution in [0.1, 0.15) is 40.9 Å². The Hall–Kier alpha value is -3.62. The van der Waals surface area contributed by atoms with Crippen LogP contribution in [0.15, 0.2) is 90.2 Å². The molecular formula is C32H36F3N3O2. The molecule has 0 bridgehead atoms. The zero-order valence-corrected chi connectivity index (χ0v) is 23.0. The summed E-state index contributed by atoms with van der Waals surface area (Å²) in [4.78, 5) is 15.5. The molecule has 4 rings (SSSR count). The van der Waals surface area contributed by atoms with E-state index in [1.54, 1.807) is 0 Å². The van der Waals surface area contributed by atoms with Crippen molar-refractivity contribution >= 4 is 5.91 Å². The third kappa shape index (κ3) is 7.96. The number of hydrogen-bond acceptors (Lipinski definition) is 3. The first-order valence-corrected chi connectivity index (χ1v) is 13.6. The molecule has 212 valence electrons. The summed E-state index contributed by atoms with van der Waals surface area (Å²) in [5, 5.41) is 2.73. The lowest BCUT2D eigenvalue weighted by atomic mass is 10.0. The van der Waals surface area contributed by atoms with Gasteiger partial charge in [0.05, 0.1) is 24.4 Å². The number of rotatable bonds is 12. The van der Waals surface area contributed by atoms with Crippen LogP contribution in [0.4, 0.5) is 13.2 Å². The van der Waals surface area contributed by atoms with E-state index in [1.165, 1.54) is 0 Å². The van der Waals surface area contributed by atoms with Gasteiger partial charge < -0.3 is 19.5 Å². The summed E-state index contributed by atoms with van der Waals surface area (Å²) in [6.45, 7) is 5.46. The zero-order valence-electron chi connectivity index (χ0n) is 23.0. The van der Waals surface area contributed by atoms with E-state index < -0.39 is 17.7 Å². The minimum atomic E-state index is -4.43. The molecule has 0 saturated carbocycles. The van der Waals surface area contributed by atoms with Gasteiger partial charge in [0.25, 0.3) is 5.91 Å². The second-order valence-corrected chi connectivity index (χ2v) is 10.1. The molecule has 2 aromatic carbocycles. The molecule has 5 nitrogen and oxygen atoms in total. The lowest BCUT2D eigenvalue weighted by molar-refractivity contribution is -0.0887. The van der Waals surface area contributed by atoms with E-state index in [9.17, 15) is 18.0 Å². The molecule has 0 aliphatic heterocycles. The van der Waals surface area contributed by atoms with Crippen molar-refractivity contribution < 1.29 is 22.7 Å². The van der Waals surface area contributed by atoms with Crippen LogP contribution in [-0.4, -0.2) is 48.3 Å². The lowest BCUT2D eigenvalue weighted by Gasteiger charge is -2.18. The van der Waals surface area contributed by atoms with Gasteiger partial charge in [0.15, 0.2) is 0 Å². The first-order chi connectivity index (χ1) is 19.2. The monoisotopic (exact) mass is 551 g/mol. The van der Waals surface area contributed by atoms with Crippen molar-refractivity contribution in [3.63, 3.8) is 0 Å². The van der Waals surface area contributed by atoms with E-state index in [4.69, 9.17) is 4.74 Å². The summed E-state index contributed by atoms with van der Waals surface area (Å²) in [7, 11) is 2.06. The number of nitrogens with zero attached hydrogens (tertiary/aromatic N) is 2. The molecule has 0 saturated heterocycles. The Bertz CT molecular complexity index is 1330. The van der Waals surface area contributed by atoms with Crippen molar-refractivity contribution in [3.8, 4) is 11.3 Å². The van der Waals surface area contributed by atoms with Gasteiger partial charge in [-0.3, -0.25) is 4.79 Å². The molecule has 0 fully saturated rings. The van der Waals surface area contributed by atoms with Crippen LogP contribution in [0.2, 0.25) is 0 Å². The van der Waals surface area contributed by atoms with Gasteiger partial charge in [-0.05, 0) is 63.0 Å². The smallest absolute Gasteiger partial charge is 0.375 e. The topological polar surface area (TPSA) is 46.5 Å². The third-order valence-corrected chi connectivity index (χ3v) is 7.04. The molecule has 0 unspecified atom stereocenters. The molecule has 0 atom stereocenters. The Morgan fingerprint density at radius 1 is 1.05 bits per heavy atom. The van der Waals surface area contributed by atoms with Crippen LogP contribution < -0.4 is 5.32 Å². The largest absolute Gasteiger partial charge is 0.416 e. The molecule has 1 aliphatic rings. The molecule has 1 amide bonds. The Morgan fingerprint density at radius 2 is 1.75 bits per heavy atom. The summed E-state index contributed by atoms with van der Waals surface area (Å²) in [5.74, 6) is -0.393. The fraction of sp³-hybridized carbons (Fsp3) is 0.344. The van der Waals surface area contributed by atoms with Gasteiger partial charge in [-0.1, -0.05) is 66.7 Å².